The first-order valence-electron chi connectivity index (χ1n) is 9.71. The third kappa shape index (κ3) is 6.39. The Morgan fingerprint density at radius 3 is 2.42 bits per heavy atom. The molecule has 12 heteroatoms. The van der Waals surface area contributed by atoms with Gasteiger partial charge >= 0.3 is 12.4 Å². The number of benzene rings is 2. The van der Waals surface area contributed by atoms with Crippen LogP contribution in [0.1, 0.15) is 0 Å². The van der Waals surface area contributed by atoms with Gasteiger partial charge in [0.2, 0.25) is 0 Å². The van der Waals surface area contributed by atoms with Crippen molar-refractivity contribution in [2.75, 3.05) is 51.6 Å². The molecule has 178 valence electrons. The number of halogens is 3. The topological polar surface area (TPSA) is 76.2 Å². The van der Waals surface area contributed by atoms with Crippen molar-refractivity contribution < 1.29 is 32.2 Å². The first-order valence-corrected chi connectivity index (χ1v) is 10.5. The summed E-state index contributed by atoms with van der Waals surface area (Å²) >= 11 is 1.09. The van der Waals surface area contributed by atoms with E-state index >= 15 is 0 Å². The Kier molecular flexibility index (Phi) is 7.49. The summed E-state index contributed by atoms with van der Waals surface area (Å²) in [5.74, 6) is 0.621. The fourth-order valence-corrected chi connectivity index (χ4v) is 3.91. The Balaban J connectivity index is 1.88. The zero-order valence-corrected chi connectivity index (χ0v) is 19.2. The normalized spacial score (nSPS) is 11.5. The van der Waals surface area contributed by atoms with E-state index in [1.165, 1.54) is 37.3 Å². The maximum atomic E-state index is 13.1. The SMILES string of the molecule is COc1ccc(NC(=O)N(CCN(C)C)c2nc3ccc(OC(F)(F)F)cc3s2)cc1OC. The average Bonchev–Trinajstić information content (AvgIpc) is 3.15. The highest BCUT2D eigenvalue weighted by Gasteiger charge is 2.31. The molecule has 0 aliphatic rings. The summed E-state index contributed by atoms with van der Waals surface area (Å²) in [6.07, 6.45) is -4.79. The zero-order chi connectivity index (χ0) is 24.2. The van der Waals surface area contributed by atoms with E-state index in [4.69, 9.17) is 9.47 Å². The predicted octanol–water partition coefficient (Wildman–Crippen LogP) is 4.81. The molecule has 0 atom stereocenters. The summed E-state index contributed by atoms with van der Waals surface area (Å²) in [6, 6.07) is 8.37. The number of carbonyl (C=O) groups excluding carboxylic acids is 1. The molecule has 3 aromatic rings. The molecule has 2 amide bonds. The molecule has 3 rings (SSSR count). The smallest absolute Gasteiger partial charge is 0.493 e. The Hall–Kier alpha value is -3.25. The monoisotopic (exact) mass is 484 g/mol. The number of aromatic nitrogens is 1. The Labute approximate surface area is 192 Å². The van der Waals surface area contributed by atoms with Gasteiger partial charge in [0.1, 0.15) is 5.75 Å². The molecule has 1 heterocycles. The third-order valence-corrected chi connectivity index (χ3v) is 5.51. The quantitative estimate of drug-likeness (QED) is 0.495. The van der Waals surface area contributed by atoms with E-state index in [-0.39, 0.29) is 5.75 Å². The fraction of sp³-hybridized carbons (Fsp3) is 0.333. The van der Waals surface area contributed by atoms with Crippen LogP contribution in [0.15, 0.2) is 36.4 Å². The molecule has 0 saturated carbocycles. The van der Waals surface area contributed by atoms with Gasteiger partial charge in [-0.25, -0.2) is 9.78 Å². The number of nitrogens with zero attached hydrogens (tertiary/aromatic N) is 3. The van der Waals surface area contributed by atoms with Crippen LogP contribution in [0.3, 0.4) is 0 Å². The van der Waals surface area contributed by atoms with Gasteiger partial charge in [0.05, 0.1) is 24.4 Å². The number of anilines is 2. The van der Waals surface area contributed by atoms with Crippen LogP contribution in [-0.2, 0) is 0 Å². The molecule has 8 nitrogen and oxygen atoms in total. The van der Waals surface area contributed by atoms with Crippen molar-refractivity contribution in [3.8, 4) is 17.2 Å². The number of carbonyl (C=O) groups is 1. The maximum absolute atomic E-state index is 13.1. The molecule has 0 bridgehead atoms. The van der Waals surface area contributed by atoms with Gasteiger partial charge in [-0.1, -0.05) is 11.3 Å². The summed E-state index contributed by atoms with van der Waals surface area (Å²) in [4.78, 5) is 20.9. The van der Waals surface area contributed by atoms with E-state index in [1.54, 1.807) is 18.2 Å². The predicted molar refractivity (Wildman–Crippen MR) is 121 cm³/mol. The number of thiazole rings is 1. The number of likely N-dealkylation sites (N-methyl/N-ethyl adjacent to an activating group) is 1. The lowest BCUT2D eigenvalue weighted by Crippen LogP contribution is -2.39. The van der Waals surface area contributed by atoms with Crippen LogP contribution in [0, 0.1) is 0 Å². The minimum atomic E-state index is -4.79. The molecule has 0 unspecified atom stereocenters. The molecule has 0 aliphatic heterocycles. The molecule has 0 radical (unpaired) electrons. The van der Waals surface area contributed by atoms with Crippen molar-refractivity contribution in [1.29, 1.82) is 0 Å². The van der Waals surface area contributed by atoms with Crippen LogP contribution >= 0.6 is 11.3 Å². The van der Waals surface area contributed by atoms with Crippen molar-refractivity contribution in [2.45, 2.75) is 6.36 Å². The number of alkyl halides is 3. The van der Waals surface area contributed by atoms with Gasteiger partial charge in [-0.15, -0.1) is 13.2 Å². The lowest BCUT2D eigenvalue weighted by molar-refractivity contribution is -0.274. The van der Waals surface area contributed by atoms with E-state index in [1.807, 2.05) is 19.0 Å². The van der Waals surface area contributed by atoms with Crippen LogP contribution in [0.2, 0.25) is 0 Å². The standard InChI is InChI=1S/C21H23F3N4O4S/c1-27(2)9-10-28(19(29)25-13-5-8-16(30-3)17(11-13)31-4)20-26-15-7-6-14(12-18(15)33-20)32-21(22,23)24/h5-8,11-12H,9-10H2,1-4H3,(H,25,29). The highest BCUT2D eigenvalue weighted by atomic mass is 32.1. The van der Waals surface area contributed by atoms with Crippen molar-refractivity contribution in [2.24, 2.45) is 0 Å². The van der Waals surface area contributed by atoms with E-state index in [2.05, 4.69) is 15.0 Å². The number of urea groups is 1. The van der Waals surface area contributed by atoms with Crippen molar-refractivity contribution in [1.82, 2.24) is 9.88 Å². The van der Waals surface area contributed by atoms with Gasteiger partial charge in [0, 0.05) is 30.9 Å². The minimum absolute atomic E-state index is 0.303. The fourth-order valence-electron chi connectivity index (χ4n) is 2.89. The van der Waals surface area contributed by atoms with Crippen molar-refractivity contribution in [3.05, 3.63) is 36.4 Å². The Morgan fingerprint density at radius 1 is 1.06 bits per heavy atom. The molecular formula is C21H23F3N4O4S. The molecule has 0 fully saturated rings. The summed E-state index contributed by atoms with van der Waals surface area (Å²) in [7, 11) is 6.73. The second kappa shape index (κ2) is 10.1. The van der Waals surface area contributed by atoms with Gasteiger partial charge in [-0.3, -0.25) is 4.90 Å². The summed E-state index contributed by atoms with van der Waals surface area (Å²) in [5, 5.41) is 3.14. The highest BCUT2D eigenvalue weighted by Crippen LogP contribution is 2.34. The Morgan fingerprint density at radius 2 is 1.79 bits per heavy atom. The van der Waals surface area contributed by atoms with Crippen LogP contribution in [0.25, 0.3) is 10.2 Å². The largest absolute Gasteiger partial charge is 0.573 e. The minimum Gasteiger partial charge on any atom is -0.493 e. The number of ether oxygens (including phenoxy) is 3. The van der Waals surface area contributed by atoms with Crippen LogP contribution < -0.4 is 24.4 Å². The third-order valence-electron chi connectivity index (χ3n) is 4.46. The van der Waals surface area contributed by atoms with E-state index in [9.17, 15) is 18.0 Å². The van der Waals surface area contributed by atoms with Crippen LogP contribution in [0.4, 0.5) is 28.8 Å². The van der Waals surface area contributed by atoms with Crippen LogP contribution in [-0.4, -0.2) is 63.7 Å². The molecule has 0 spiro atoms. The number of methoxy groups -OCH3 is 2. The first-order chi connectivity index (χ1) is 15.6. The maximum Gasteiger partial charge on any atom is 0.573 e. The lowest BCUT2D eigenvalue weighted by Gasteiger charge is -2.22. The molecule has 1 N–H and O–H groups in total. The second-order valence-electron chi connectivity index (χ2n) is 7.13. The molecule has 0 saturated heterocycles. The zero-order valence-electron chi connectivity index (χ0n) is 18.4. The van der Waals surface area contributed by atoms with Gasteiger partial charge in [0.25, 0.3) is 0 Å². The van der Waals surface area contributed by atoms with Gasteiger partial charge in [-0.2, -0.15) is 0 Å². The van der Waals surface area contributed by atoms with Crippen molar-refractivity contribution >= 4 is 38.4 Å². The molecular weight excluding hydrogens is 461 g/mol. The molecule has 1 aromatic heterocycles. The van der Waals surface area contributed by atoms with Crippen LogP contribution in [0.5, 0.6) is 17.2 Å². The van der Waals surface area contributed by atoms with E-state index in [0.29, 0.717) is 45.6 Å². The van der Waals surface area contributed by atoms with Gasteiger partial charge in [0.15, 0.2) is 16.6 Å². The summed E-state index contributed by atoms with van der Waals surface area (Å²) < 4.78 is 52.6. The van der Waals surface area contributed by atoms with E-state index < -0.39 is 12.4 Å². The first kappa shape index (κ1) is 24.4. The molecule has 2 aromatic carbocycles. The number of rotatable bonds is 8. The number of amides is 2. The van der Waals surface area contributed by atoms with E-state index in [0.717, 1.165) is 11.3 Å². The summed E-state index contributed by atoms with van der Waals surface area (Å²) in [6.45, 7) is 0.843. The second-order valence-corrected chi connectivity index (χ2v) is 8.14. The van der Waals surface area contributed by atoms with Crippen molar-refractivity contribution in [3.63, 3.8) is 0 Å². The number of nitrogens with one attached hydrogen (secondary N) is 1. The number of hydrogen-bond acceptors (Lipinski definition) is 7. The highest BCUT2D eigenvalue weighted by molar-refractivity contribution is 7.22. The average molecular weight is 485 g/mol. The number of fused-ring (bicyclic) bond motifs is 1. The van der Waals surface area contributed by atoms with Gasteiger partial charge in [-0.05, 0) is 38.4 Å². The molecule has 0 aliphatic carbocycles. The Bertz CT molecular complexity index is 1120. The lowest BCUT2D eigenvalue weighted by atomic mass is 10.2. The number of hydrogen-bond donors (Lipinski definition) is 1. The molecule has 33 heavy (non-hydrogen) atoms. The van der Waals surface area contributed by atoms with Gasteiger partial charge < -0.3 is 24.4 Å². The summed E-state index contributed by atoms with van der Waals surface area (Å²) in [5.41, 5.74) is 0.938.